The quantitative estimate of drug-likeness (QED) is 0.891. The Balaban J connectivity index is 2.35. The Morgan fingerprint density at radius 3 is 2.71 bits per heavy atom. The first-order valence-corrected chi connectivity index (χ1v) is 5.52. The first kappa shape index (κ1) is 11.7. The zero-order chi connectivity index (χ0) is 12.3. The molecule has 3 nitrogen and oxygen atoms in total. The summed E-state index contributed by atoms with van der Waals surface area (Å²) in [6.07, 6.45) is 3.14. The summed E-state index contributed by atoms with van der Waals surface area (Å²) in [5, 5.41) is 13.0. The zero-order valence-corrected chi connectivity index (χ0v) is 10.1. The van der Waals surface area contributed by atoms with E-state index in [1.54, 1.807) is 36.7 Å². The van der Waals surface area contributed by atoms with Crippen LogP contribution in [0.15, 0.2) is 36.7 Å². The second kappa shape index (κ2) is 5.05. The van der Waals surface area contributed by atoms with E-state index in [1.165, 1.54) is 0 Å². The minimum atomic E-state index is 0.491. The molecule has 84 valence electrons. The van der Waals surface area contributed by atoms with Gasteiger partial charge in [0.2, 0.25) is 0 Å². The van der Waals surface area contributed by atoms with Crippen LogP contribution in [0.4, 0.5) is 11.4 Å². The summed E-state index contributed by atoms with van der Waals surface area (Å²) in [7, 11) is 0. The lowest BCUT2D eigenvalue weighted by molar-refractivity contribution is 1.30. The fraction of sp³-hybridized carbons (Fsp3) is 0. The van der Waals surface area contributed by atoms with Crippen LogP contribution in [0, 0.1) is 11.3 Å². The van der Waals surface area contributed by atoms with Crippen molar-refractivity contribution in [2.24, 2.45) is 0 Å². The van der Waals surface area contributed by atoms with Crippen LogP contribution in [0.5, 0.6) is 0 Å². The Morgan fingerprint density at radius 2 is 2.00 bits per heavy atom. The van der Waals surface area contributed by atoms with Gasteiger partial charge in [-0.1, -0.05) is 23.2 Å². The fourth-order valence-electron chi connectivity index (χ4n) is 1.33. The van der Waals surface area contributed by atoms with Crippen molar-refractivity contribution in [3.63, 3.8) is 0 Å². The van der Waals surface area contributed by atoms with Gasteiger partial charge < -0.3 is 5.32 Å². The molecular formula is C12H7Cl2N3. The van der Waals surface area contributed by atoms with Gasteiger partial charge in [0.05, 0.1) is 28.2 Å². The molecular weight excluding hydrogens is 257 g/mol. The summed E-state index contributed by atoms with van der Waals surface area (Å²) in [6, 6.07) is 8.81. The van der Waals surface area contributed by atoms with Crippen molar-refractivity contribution in [3.05, 3.63) is 52.3 Å². The lowest BCUT2D eigenvalue weighted by atomic mass is 10.2. The van der Waals surface area contributed by atoms with Crippen molar-refractivity contribution in [3.8, 4) is 6.07 Å². The maximum absolute atomic E-state index is 8.94. The van der Waals surface area contributed by atoms with Crippen molar-refractivity contribution < 1.29 is 0 Å². The summed E-state index contributed by atoms with van der Waals surface area (Å²) in [6.45, 7) is 0. The van der Waals surface area contributed by atoms with E-state index >= 15 is 0 Å². The number of nitriles is 1. The van der Waals surface area contributed by atoms with Gasteiger partial charge in [-0.05, 0) is 24.3 Å². The van der Waals surface area contributed by atoms with Crippen LogP contribution in [0.3, 0.4) is 0 Å². The number of benzene rings is 1. The number of hydrogen-bond acceptors (Lipinski definition) is 3. The van der Waals surface area contributed by atoms with E-state index in [9.17, 15) is 0 Å². The van der Waals surface area contributed by atoms with Gasteiger partial charge in [0, 0.05) is 11.2 Å². The third-order valence-electron chi connectivity index (χ3n) is 2.14. The third-order valence-corrected chi connectivity index (χ3v) is 2.69. The number of halogens is 2. The highest BCUT2D eigenvalue weighted by Gasteiger charge is 2.05. The zero-order valence-electron chi connectivity index (χ0n) is 8.61. The molecule has 1 aromatic heterocycles. The lowest BCUT2D eigenvalue weighted by Crippen LogP contribution is -1.95. The van der Waals surface area contributed by atoms with E-state index < -0.39 is 0 Å². The summed E-state index contributed by atoms with van der Waals surface area (Å²) >= 11 is 11.8. The van der Waals surface area contributed by atoms with E-state index in [2.05, 4.69) is 16.4 Å². The van der Waals surface area contributed by atoms with Gasteiger partial charge in [0.15, 0.2) is 0 Å². The van der Waals surface area contributed by atoms with Gasteiger partial charge in [-0.15, -0.1) is 0 Å². The Kier molecular flexibility index (Phi) is 3.48. The first-order valence-electron chi connectivity index (χ1n) is 4.77. The maximum atomic E-state index is 8.94. The smallest absolute Gasteiger partial charge is 0.101 e. The molecule has 0 saturated carbocycles. The molecule has 0 unspecified atom stereocenters. The number of nitrogens with zero attached hydrogens (tertiary/aromatic N) is 2. The van der Waals surface area contributed by atoms with Crippen LogP contribution >= 0.6 is 23.2 Å². The molecule has 2 rings (SSSR count). The van der Waals surface area contributed by atoms with E-state index in [4.69, 9.17) is 28.5 Å². The molecule has 5 heteroatoms. The predicted octanol–water partition coefficient (Wildman–Crippen LogP) is 4.00. The number of aromatic nitrogens is 1. The van der Waals surface area contributed by atoms with Crippen LogP contribution in [-0.4, -0.2) is 4.98 Å². The van der Waals surface area contributed by atoms with Crippen molar-refractivity contribution >= 4 is 34.6 Å². The van der Waals surface area contributed by atoms with Crippen molar-refractivity contribution in [2.45, 2.75) is 0 Å². The third kappa shape index (κ3) is 2.68. The average molecular weight is 264 g/mol. The molecule has 0 fully saturated rings. The maximum Gasteiger partial charge on any atom is 0.101 e. The molecule has 0 atom stereocenters. The molecule has 0 aliphatic rings. The molecule has 0 radical (unpaired) electrons. The number of pyridine rings is 1. The van der Waals surface area contributed by atoms with Crippen molar-refractivity contribution in [2.75, 3.05) is 5.32 Å². The van der Waals surface area contributed by atoms with Crippen molar-refractivity contribution in [1.29, 1.82) is 5.26 Å². The molecule has 2 aromatic rings. The highest BCUT2D eigenvalue weighted by atomic mass is 35.5. The minimum Gasteiger partial charge on any atom is -0.352 e. The summed E-state index contributed by atoms with van der Waals surface area (Å²) in [5.74, 6) is 0. The fourth-order valence-corrected chi connectivity index (χ4v) is 1.78. The highest BCUT2D eigenvalue weighted by Crippen LogP contribution is 2.28. The highest BCUT2D eigenvalue weighted by molar-refractivity contribution is 6.36. The average Bonchev–Trinajstić information content (AvgIpc) is 2.33. The number of anilines is 2. The van der Waals surface area contributed by atoms with Crippen LogP contribution in [0.1, 0.15) is 5.56 Å². The second-order valence-electron chi connectivity index (χ2n) is 3.28. The van der Waals surface area contributed by atoms with Gasteiger partial charge in [-0.3, -0.25) is 4.98 Å². The SMILES string of the molecule is N#Cc1ccncc1Nc1ccc(Cl)cc1Cl. The summed E-state index contributed by atoms with van der Waals surface area (Å²) < 4.78 is 0. The predicted molar refractivity (Wildman–Crippen MR) is 68.7 cm³/mol. The molecule has 0 aliphatic heterocycles. The molecule has 1 N–H and O–H groups in total. The Hall–Kier alpha value is -1.76. The molecule has 17 heavy (non-hydrogen) atoms. The molecule has 0 amide bonds. The second-order valence-corrected chi connectivity index (χ2v) is 4.13. The molecule has 1 aromatic carbocycles. The standard InChI is InChI=1S/C12H7Cl2N3/c13-9-1-2-11(10(14)5-9)17-12-7-16-4-3-8(12)6-15/h1-5,7,17H. The van der Waals surface area contributed by atoms with Crippen LogP contribution in [0.25, 0.3) is 0 Å². The Labute approximate surface area is 109 Å². The summed E-state index contributed by atoms with van der Waals surface area (Å²) in [5.41, 5.74) is 1.80. The molecule has 1 heterocycles. The van der Waals surface area contributed by atoms with Gasteiger partial charge >= 0.3 is 0 Å². The monoisotopic (exact) mass is 263 g/mol. The van der Waals surface area contributed by atoms with E-state index in [0.29, 0.717) is 27.0 Å². The van der Waals surface area contributed by atoms with Crippen molar-refractivity contribution in [1.82, 2.24) is 4.98 Å². The van der Waals surface area contributed by atoms with Gasteiger partial charge in [-0.2, -0.15) is 5.26 Å². The first-order chi connectivity index (χ1) is 8.20. The van der Waals surface area contributed by atoms with Crippen LogP contribution in [0.2, 0.25) is 10.0 Å². The minimum absolute atomic E-state index is 0.491. The van der Waals surface area contributed by atoms with Crippen LogP contribution in [-0.2, 0) is 0 Å². The van der Waals surface area contributed by atoms with E-state index in [-0.39, 0.29) is 0 Å². The Bertz CT molecular complexity index is 591. The topological polar surface area (TPSA) is 48.7 Å². The van der Waals surface area contributed by atoms with Crippen LogP contribution < -0.4 is 5.32 Å². The molecule has 0 spiro atoms. The molecule has 0 saturated heterocycles. The molecule has 0 bridgehead atoms. The Morgan fingerprint density at radius 1 is 1.18 bits per heavy atom. The summed E-state index contributed by atoms with van der Waals surface area (Å²) in [4.78, 5) is 3.95. The normalized spacial score (nSPS) is 9.71. The van der Waals surface area contributed by atoms with Gasteiger partial charge in [0.1, 0.15) is 6.07 Å². The largest absolute Gasteiger partial charge is 0.352 e. The van der Waals surface area contributed by atoms with Gasteiger partial charge in [0.25, 0.3) is 0 Å². The lowest BCUT2D eigenvalue weighted by Gasteiger charge is -2.09. The number of nitrogens with one attached hydrogen (secondary N) is 1. The number of rotatable bonds is 2. The number of hydrogen-bond donors (Lipinski definition) is 1. The van der Waals surface area contributed by atoms with E-state index in [1.807, 2.05) is 0 Å². The molecule has 0 aliphatic carbocycles. The van der Waals surface area contributed by atoms with Gasteiger partial charge in [-0.25, -0.2) is 0 Å². The van der Waals surface area contributed by atoms with E-state index in [0.717, 1.165) is 0 Å².